The zero-order chi connectivity index (χ0) is 32.6. The number of carbonyl (C=O) groups is 2. The molecule has 2 amide bonds. The number of allylic oxidation sites excluding steroid dienone is 2. The molecular formula is C38H38N2O6Si. The van der Waals surface area contributed by atoms with Gasteiger partial charge in [-0.25, -0.2) is 19.4 Å². The van der Waals surface area contributed by atoms with E-state index in [0.29, 0.717) is 24.9 Å². The SMILES string of the molecule is O=C1OC[C@@H](Cc2ccccc2)N1/C(O)=C/C[Si](C/C=C(\O)N1C(=O)OC[C@H]1Cc1ccccc1)(c1ccccc1)c1ccccc1. The number of hydrogen-bond donors (Lipinski definition) is 2. The van der Waals surface area contributed by atoms with Crippen LogP contribution in [0.3, 0.4) is 0 Å². The van der Waals surface area contributed by atoms with Crippen LogP contribution in [0.1, 0.15) is 11.1 Å². The maximum absolute atomic E-state index is 12.9. The summed E-state index contributed by atoms with van der Waals surface area (Å²) in [5.74, 6) is -0.312. The maximum Gasteiger partial charge on any atom is 0.417 e. The van der Waals surface area contributed by atoms with Crippen LogP contribution in [0.4, 0.5) is 9.59 Å². The average Bonchev–Trinajstić information content (AvgIpc) is 3.67. The Labute approximate surface area is 275 Å². The summed E-state index contributed by atoms with van der Waals surface area (Å²) in [5, 5.41) is 25.1. The van der Waals surface area contributed by atoms with E-state index in [2.05, 4.69) is 24.3 Å². The largest absolute Gasteiger partial charge is 0.495 e. The van der Waals surface area contributed by atoms with E-state index in [4.69, 9.17) is 9.47 Å². The van der Waals surface area contributed by atoms with Gasteiger partial charge in [-0.1, -0.05) is 132 Å². The standard InChI is InChI=1S/C38H38N2O6Si/c41-35(39-31(27-45-37(39)43)25-29-13-5-1-6-14-29)21-23-47(33-17-9-3-10-18-33,34-19-11-4-12-20-34)24-22-36(42)40-32(28-46-38(40)44)26-30-15-7-2-8-16-30/h1-22,31-32,41-42H,23-28H2/b35-21-,36-22-/t31-,32-/m1/s1. The number of aliphatic hydroxyl groups excluding tert-OH is 2. The Morgan fingerprint density at radius 2 is 0.936 bits per heavy atom. The molecule has 9 heteroatoms. The summed E-state index contributed by atoms with van der Waals surface area (Å²) in [7, 11) is -2.84. The molecule has 0 saturated carbocycles. The Hall–Kier alpha value is -5.28. The number of hydrogen-bond acceptors (Lipinski definition) is 6. The molecule has 2 saturated heterocycles. The van der Waals surface area contributed by atoms with E-state index >= 15 is 0 Å². The summed E-state index contributed by atoms with van der Waals surface area (Å²) >= 11 is 0. The zero-order valence-electron chi connectivity index (χ0n) is 26.0. The highest BCUT2D eigenvalue weighted by molar-refractivity contribution is 7.02. The van der Waals surface area contributed by atoms with Crippen LogP contribution in [0.5, 0.6) is 0 Å². The fourth-order valence-electron chi connectivity index (χ4n) is 6.52. The Morgan fingerprint density at radius 3 is 1.30 bits per heavy atom. The normalized spacial score (nSPS) is 18.7. The van der Waals surface area contributed by atoms with E-state index < -0.39 is 20.3 Å². The summed E-state index contributed by atoms with van der Waals surface area (Å²) < 4.78 is 10.8. The van der Waals surface area contributed by atoms with Gasteiger partial charge in [0.1, 0.15) is 21.3 Å². The number of rotatable bonds is 12. The number of nitrogens with zero attached hydrogens (tertiary/aromatic N) is 2. The van der Waals surface area contributed by atoms with Gasteiger partial charge in [0.25, 0.3) is 0 Å². The van der Waals surface area contributed by atoms with Crippen LogP contribution in [0, 0.1) is 0 Å². The number of cyclic esters (lactones) is 2. The molecule has 0 radical (unpaired) electrons. The Balaban J connectivity index is 1.33. The molecule has 2 aliphatic heterocycles. The second-order valence-electron chi connectivity index (χ2n) is 11.9. The van der Waals surface area contributed by atoms with Gasteiger partial charge in [0, 0.05) is 0 Å². The summed E-state index contributed by atoms with van der Waals surface area (Å²) in [6.45, 7) is 0.358. The van der Waals surface area contributed by atoms with Crippen LogP contribution in [0.2, 0.25) is 12.1 Å². The van der Waals surface area contributed by atoms with E-state index in [1.807, 2.05) is 97.1 Å². The maximum atomic E-state index is 12.9. The molecule has 0 unspecified atom stereocenters. The molecule has 0 spiro atoms. The summed E-state index contributed by atoms with van der Waals surface area (Å²) in [6.07, 6.45) is 3.34. The van der Waals surface area contributed by atoms with Gasteiger partial charge in [0.2, 0.25) is 0 Å². The first kappa shape index (κ1) is 31.7. The van der Waals surface area contributed by atoms with Crippen molar-refractivity contribution >= 4 is 30.6 Å². The van der Waals surface area contributed by atoms with Gasteiger partial charge in [-0.3, -0.25) is 0 Å². The molecule has 2 N–H and O–H groups in total. The fourth-order valence-corrected chi connectivity index (χ4v) is 10.7. The molecule has 2 atom stereocenters. The summed E-state index contributed by atoms with van der Waals surface area (Å²) in [6, 6.07) is 39.9. The molecule has 0 aliphatic carbocycles. The molecule has 2 fully saturated rings. The predicted octanol–water partition coefficient (Wildman–Crippen LogP) is 6.18. The van der Waals surface area contributed by atoms with Gasteiger partial charge in [0.05, 0.1) is 12.1 Å². The van der Waals surface area contributed by atoms with Crippen molar-refractivity contribution < 1.29 is 29.3 Å². The molecular weight excluding hydrogens is 609 g/mol. The lowest BCUT2D eigenvalue weighted by atomic mass is 10.1. The fraction of sp³-hybridized carbons (Fsp3) is 0.211. The first-order valence-electron chi connectivity index (χ1n) is 15.8. The minimum Gasteiger partial charge on any atom is -0.495 e. The molecule has 8 nitrogen and oxygen atoms in total. The zero-order valence-corrected chi connectivity index (χ0v) is 27.0. The minimum absolute atomic E-state index is 0.156. The molecule has 0 aromatic heterocycles. The second-order valence-corrected chi connectivity index (χ2v) is 16.1. The lowest BCUT2D eigenvalue weighted by Gasteiger charge is -2.32. The van der Waals surface area contributed by atoms with Gasteiger partial charge in [-0.2, -0.15) is 0 Å². The van der Waals surface area contributed by atoms with Crippen molar-refractivity contribution in [1.82, 2.24) is 9.80 Å². The number of aliphatic hydroxyl groups is 2. The van der Waals surface area contributed by atoms with Crippen molar-refractivity contribution in [2.75, 3.05) is 13.2 Å². The van der Waals surface area contributed by atoms with Crippen molar-refractivity contribution in [3.8, 4) is 0 Å². The van der Waals surface area contributed by atoms with Crippen molar-refractivity contribution in [2.24, 2.45) is 0 Å². The number of carbonyl (C=O) groups excluding carboxylic acids is 2. The van der Waals surface area contributed by atoms with Crippen LogP contribution in [-0.4, -0.2) is 65.6 Å². The van der Waals surface area contributed by atoms with Crippen LogP contribution in [-0.2, 0) is 22.3 Å². The lowest BCUT2D eigenvalue weighted by Crippen LogP contribution is -2.57. The Bertz CT molecular complexity index is 1590. The highest BCUT2D eigenvalue weighted by Crippen LogP contribution is 2.27. The van der Waals surface area contributed by atoms with E-state index in [-0.39, 0.29) is 37.1 Å². The van der Waals surface area contributed by atoms with Crippen LogP contribution in [0.15, 0.2) is 145 Å². The third-order valence-corrected chi connectivity index (χ3v) is 13.6. The predicted molar refractivity (Wildman–Crippen MR) is 183 cm³/mol. The average molecular weight is 647 g/mol. The number of amides is 2. The summed E-state index contributed by atoms with van der Waals surface area (Å²) in [4.78, 5) is 28.4. The van der Waals surface area contributed by atoms with Gasteiger partial charge in [-0.05, 0) is 48.2 Å². The first-order chi connectivity index (χ1) is 22.9. The molecule has 47 heavy (non-hydrogen) atoms. The quantitative estimate of drug-likeness (QED) is 0.141. The topological polar surface area (TPSA) is 99.5 Å². The summed E-state index contributed by atoms with van der Waals surface area (Å²) in [5.41, 5.74) is 2.08. The second kappa shape index (κ2) is 14.4. The van der Waals surface area contributed by atoms with Crippen LogP contribution < -0.4 is 10.4 Å². The van der Waals surface area contributed by atoms with Crippen molar-refractivity contribution in [1.29, 1.82) is 0 Å². The third-order valence-electron chi connectivity index (χ3n) is 8.96. The number of benzene rings is 4. The van der Waals surface area contributed by atoms with E-state index in [0.717, 1.165) is 21.5 Å². The smallest absolute Gasteiger partial charge is 0.417 e. The molecule has 6 rings (SSSR count). The molecule has 0 bridgehead atoms. The van der Waals surface area contributed by atoms with Crippen molar-refractivity contribution in [3.63, 3.8) is 0 Å². The van der Waals surface area contributed by atoms with Gasteiger partial charge in [-0.15, -0.1) is 0 Å². The van der Waals surface area contributed by atoms with Crippen LogP contribution >= 0.6 is 0 Å². The van der Waals surface area contributed by atoms with Crippen molar-refractivity contribution in [2.45, 2.75) is 37.0 Å². The molecule has 2 aliphatic rings. The molecule has 4 aromatic rings. The van der Waals surface area contributed by atoms with Gasteiger partial charge < -0.3 is 19.7 Å². The van der Waals surface area contributed by atoms with Gasteiger partial charge in [0.15, 0.2) is 11.8 Å². The highest BCUT2D eigenvalue weighted by Gasteiger charge is 2.40. The Morgan fingerprint density at radius 1 is 0.596 bits per heavy atom. The number of ether oxygens (including phenoxy) is 2. The molecule has 240 valence electrons. The first-order valence-corrected chi connectivity index (χ1v) is 18.2. The van der Waals surface area contributed by atoms with E-state index in [1.54, 1.807) is 12.2 Å². The van der Waals surface area contributed by atoms with E-state index in [1.165, 1.54) is 9.80 Å². The van der Waals surface area contributed by atoms with Crippen molar-refractivity contribution in [3.05, 3.63) is 156 Å². The van der Waals surface area contributed by atoms with E-state index in [9.17, 15) is 19.8 Å². The minimum atomic E-state index is -2.84. The monoisotopic (exact) mass is 646 g/mol. The third kappa shape index (κ3) is 7.10. The Kier molecular flexibility index (Phi) is 9.73. The lowest BCUT2D eigenvalue weighted by molar-refractivity contribution is 0.148. The molecule has 4 aromatic carbocycles. The van der Waals surface area contributed by atoms with Crippen LogP contribution in [0.25, 0.3) is 0 Å². The molecule has 2 heterocycles. The highest BCUT2D eigenvalue weighted by atomic mass is 28.3. The van der Waals surface area contributed by atoms with Gasteiger partial charge >= 0.3 is 12.2 Å².